The van der Waals surface area contributed by atoms with Crippen LogP contribution in [0.2, 0.25) is 0 Å². The van der Waals surface area contributed by atoms with Crippen molar-refractivity contribution >= 4 is 13.9 Å². The minimum atomic E-state index is -3.10. The van der Waals surface area contributed by atoms with E-state index in [4.69, 9.17) is 9.05 Å². The van der Waals surface area contributed by atoms with Crippen molar-refractivity contribution in [3.05, 3.63) is 83.9 Å². The Kier molecular flexibility index (Phi) is 7.16. The summed E-state index contributed by atoms with van der Waals surface area (Å²) in [5.41, 5.74) is 5.94. The van der Waals surface area contributed by atoms with E-state index < -0.39 is 7.60 Å². The van der Waals surface area contributed by atoms with Gasteiger partial charge in [-0.2, -0.15) is 0 Å². The lowest BCUT2D eigenvalue weighted by atomic mass is 9.99. The molecule has 3 aromatic carbocycles. The van der Waals surface area contributed by atoms with E-state index in [-0.39, 0.29) is 6.16 Å². The Morgan fingerprint density at radius 1 is 0.690 bits per heavy atom. The van der Waals surface area contributed by atoms with E-state index in [1.54, 1.807) is 0 Å². The van der Waals surface area contributed by atoms with Crippen molar-refractivity contribution in [1.82, 2.24) is 0 Å². The number of carbonyl (C=O) groups is 1. The Morgan fingerprint density at radius 3 is 1.45 bits per heavy atom. The maximum absolute atomic E-state index is 12.7. The van der Waals surface area contributed by atoms with E-state index in [2.05, 4.69) is 24.3 Å². The van der Waals surface area contributed by atoms with Crippen LogP contribution < -0.4 is 0 Å². The highest BCUT2D eigenvalue weighted by atomic mass is 31.2. The van der Waals surface area contributed by atoms with Crippen LogP contribution in [0.5, 0.6) is 0 Å². The topological polar surface area (TPSA) is 52.6 Å². The van der Waals surface area contributed by atoms with Gasteiger partial charge in [-0.3, -0.25) is 9.36 Å². The van der Waals surface area contributed by atoms with Gasteiger partial charge in [0, 0.05) is 5.56 Å². The Balaban J connectivity index is 1.74. The maximum atomic E-state index is 12.7. The highest BCUT2D eigenvalue weighted by molar-refractivity contribution is 7.53. The first-order valence-corrected chi connectivity index (χ1v) is 11.4. The van der Waals surface area contributed by atoms with Crippen LogP contribution in [0.4, 0.5) is 0 Å². The Hall–Kier alpha value is -2.52. The molecule has 0 N–H and O–H groups in total. The number of benzene rings is 3. The summed E-state index contributed by atoms with van der Waals surface area (Å²) in [5.74, 6) is 0. The van der Waals surface area contributed by atoms with Gasteiger partial charge in [-0.25, -0.2) is 0 Å². The summed E-state index contributed by atoms with van der Waals surface area (Å²) >= 11 is 0. The molecular weight excluding hydrogens is 383 g/mol. The fraction of sp³-hybridized carbons (Fsp3) is 0.208. The molecule has 0 aromatic heterocycles. The van der Waals surface area contributed by atoms with E-state index >= 15 is 0 Å². The summed E-state index contributed by atoms with van der Waals surface area (Å²) in [7, 11) is -3.10. The monoisotopic (exact) mass is 408 g/mol. The minimum absolute atomic E-state index is 0.269. The summed E-state index contributed by atoms with van der Waals surface area (Å²) in [4.78, 5) is 10.8. The lowest BCUT2D eigenvalue weighted by molar-refractivity contribution is 0.112. The minimum Gasteiger partial charge on any atom is -0.309 e. The highest BCUT2D eigenvalue weighted by Crippen LogP contribution is 2.51. The van der Waals surface area contributed by atoms with Crippen molar-refractivity contribution < 1.29 is 18.4 Å². The Morgan fingerprint density at radius 2 is 1.07 bits per heavy atom. The van der Waals surface area contributed by atoms with E-state index in [1.165, 1.54) is 0 Å². The third-order valence-electron chi connectivity index (χ3n) is 4.58. The van der Waals surface area contributed by atoms with Crippen LogP contribution in [0.1, 0.15) is 29.8 Å². The van der Waals surface area contributed by atoms with Crippen LogP contribution in [0.3, 0.4) is 0 Å². The van der Waals surface area contributed by atoms with Gasteiger partial charge < -0.3 is 9.05 Å². The maximum Gasteiger partial charge on any atom is 0.335 e. The predicted molar refractivity (Wildman–Crippen MR) is 117 cm³/mol. The van der Waals surface area contributed by atoms with Crippen LogP contribution in [-0.4, -0.2) is 19.5 Å². The zero-order valence-electron chi connectivity index (χ0n) is 16.7. The summed E-state index contributed by atoms with van der Waals surface area (Å²) in [6.45, 7) is 4.35. The molecule has 0 saturated heterocycles. The second kappa shape index (κ2) is 9.80. The molecule has 0 amide bonds. The second-order valence-corrected chi connectivity index (χ2v) is 8.67. The third-order valence-corrected chi connectivity index (χ3v) is 6.64. The molecule has 0 heterocycles. The number of aldehydes is 1. The first kappa shape index (κ1) is 21.2. The number of carbonyl (C=O) groups excluding carboxylic acids is 1. The summed E-state index contributed by atoms with van der Waals surface area (Å²) in [6, 6.07) is 23.8. The van der Waals surface area contributed by atoms with Gasteiger partial charge in [0.1, 0.15) is 6.29 Å². The molecule has 3 aromatic rings. The predicted octanol–water partition coefficient (Wildman–Crippen LogP) is 6.60. The molecule has 5 heteroatoms. The van der Waals surface area contributed by atoms with E-state index in [9.17, 15) is 9.36 Å². The van der Waals surface area contributed by atoms with Crippen molar-refractivity contribution in [3.8, 4) is 22.3 Å². The quantitative estimate of drug-likeness (QED) is 0.296. The second-order valence-electron chi connectivity index (χ2n) is 6.62. The Bertz CT molecular complexity index is 967. The van der Waals surface area contributed by atoms with Crippen molar-refractivity contribution in [2.24, 2.45) is 0 Å². The van der Waals surface area contributed by atoms with Crippen molar-refractivity contribution in [2.75, 3.05) is 13.2 Å². The first-order valence-electron chi connectivity index (χ1n) is 9.70. The van der Waals surface area contributed by atoms with E-state index in [0.29, 0.717) is 18.8 Å². The van der Waals surface area contributed by atoms with Crippen LogP contribution >= 0.6 is 7.60 Å². The van der Waals surface area contributed by atoms with Gasteiger partial charge in [-0.1, -0.05) is 72.8 Å². The number of hydrogen-bond donors (Lipinski definition) is 0. The molecule has 4 nitrogen and oxygen atoms in total. The molecule has 0 radical (unpaired) electrons. The highest BCUT2D eigenvalue weighted by Gasteiger charge is 2.23. The molecule has 3 rings (SSSR count). The van der Waals surface area contributed by atoms with Crippen molar-refractivity contribution in [1.29, 1.82) is 0 Å². The van der Waals surface area contributed by atoms with Gasteiger partial charge in [-0.15, -0.1) is 0 Å². The smallest absolute Gasteiger partial charge is 0.309 e. The lowest BCUT2D eigenvalue weighted by Crippen LogP contribution is -1.99. The number of rotatable bonds is 9. The van der Waals surface area contributed by atoms with Gasteiger partial charge in [0.05, 0.1) is 19.4 Å². The van der Waals surface area contributed by atoms with Gasteiger partial charge in [0.15, 0.2) is 0 Å². The van der Waals surface area contributed by atoms with Crippen molar-refractivity contribution in [3.63, 3.8) is 0 Å². The Labute approximate surface area is 172 Å². The lowest BCUT2D eigenvalue weighted by Gasteiger charge is -2.17. The van der Waals surface area contributed by atoms with Crippen LogP contribution in [0.15, 0.2) is 72.8 Å². The largest absolute Gasteiger partial charge is 0.335 e. The zero-order chi connectivity index (χ0) is 20.7. The molecule has 150 valence electrons. The third kappa shape index (κ3) is 5.51. The van der Waals surface area contributed by atoms with Gasteiger partial charge in [0.25, 0.3) is 0 Å². The standard InChI is InChI=1S/C24H25O4P/c1-3-27-29(26,28-4-2)18-20-7-11-22(12-8-20)24-15-13-23(14-16-24)21-9-5-19(17-25)6-10-21/h5-17H,3-4,18H2,1-2H3. The molecule has 0 saturated carbocycles. The SMILES string of the molecule is CCOP(=O)(Cc1ccc(-c2ccc(-c3ccc(C=O)cc3)cc2)cc1)OCC. The molecular formula is C24H25O4P. The van der Waals surface area contributed by atoms with Crippen LogP contribution in [0, 0.1) is 0 Å². The van der Waals surface area contributed by atoms with Gasteiger partial charge in [-0.05, 0) is 41.7 Å². The molecule has 29 heavy (non-hydrogen) atoms. The number of hydrogen-bond acceptors (Lipinski definition) is 4. The van der Waals surface area contributed by atoms with Crippen LogP contribution in [0.25, 0.3) is 22.3 Å². The van der Waals surface area contributed by atoms with Crippen LogP contribution in [-0.2, 0) is 19.8 Å². The molecule has 0 bridgehead atoms. The molecule has 0 atom stereocenters. The molecule has 0 aliphatic rings. The van der Waals surface area contributed by atoms with Crippen molar-refractivity contribution in [2.45, 2.75) is 20.0 Å². The van der Waals surface area contributed by atoms with E-state index in [0.717, 1.165) is 34.1 Å². The first-order chi connectivity index (χ1) is 14.1. The average Bonchev–Trinajstić information content (AvgIpc) is 2.75. The summed E-state index contributed by atoms with van der Waals surface area (Å²) in [6.07, 6.45) is 1.11. The zero-order valence-corrected chi connectivity index (χ0v) is 17.6. The molecule has 0 aliphatic heterocycles. The summed E-state index contributed by atoms with van der Waals surface area (Å²) < 4.78 is 23.4. The fourth-order valence-electron chi connectivity index (χ4n) is 3.16. The molecule has 0 fully saturated rings. The van der Waals surface area contributed by atoms with Gasteiger partial charge >= 0.3 is 7.60 Å². The van der Waals surface area contributed by atoms with E-state index in [1.807, 2.05) is 62.4 Å². The molecule has 0 spiro atoms. The average molecular weight is 408 g/mol. The van der Waals surface area contributed by atoms with Gasteiger partial charge in [0.2, 0.25) is 0 Å². The molecule has 0 unspecified atom stereocenters. The fourth-order valence-corrected chi connectivity index (χ4v) is 4.86. The molecule has 0 aliphatic carbocycles. The summed E-state index contributed by atoms with van der Waals surface area (Å²) in [5, 5.41) is 0. The normalized spacial score (nSPS) is 11.4.